The van der Waals surface area contributed by atoms with Gasteiger partial charge in [-0.2, -0.15) is 0 Å². The van der Waals surface area contributed by atoms with Gasteiger partial charge in [0, 0.05) is 12.1 Å². The van der Waals surface area contributed by atoms with Crippen LogP contribution in [0.3, 0.4) is 0 Å². The monoisotopic (exact) mass is 267 g/mol. The molecule has 0 saturated heterocycles. The van der Waals surface area contributed by atoms with Crippen LogP contribution in [0.5, 0.6) is 5.75 Å². The van der Waals surface area contributed by atoms with Gasteiger partial charge in [0.1, 0.15) is 5.75 Å². The summed E-state index contributed by atoms with van der Waals surface area (Å²) < 4.78 is 5.92. The van der Waals surface area contributed by atoms with Crippen molar-refractivity contribution in [3.8, 4) is 16.9 Å². The summed E-state index contributed by atoms with van der Waals surface area (Å²) in [7, 11) is 0. The molecule has 0 bridgehead atoms. The minimum atomic E-state index is 0.771. The fourth-order valence-electron chi connectivity index (χ4n) is 2.81. The average molecular weight is 267 g/mol. The van der Waals surface area contributed by atoms with E-state index in [1.807, 2.05) is 6.07 Å². The van der Waals surface area contributed by atoms with Crippen molar-refractivity contribution >= 4 is 0 Å². The molecular weight excluding hydrogens is 246 g/mol. The smallest absolute Gasteiger partial charge is 0.127 e. The fraction of sp³-hybridized carbons (Fsp3) is 0.333. The summed E-state index contributed by atoms with van der Waals surface area (Å²) >= 11 is 0. The maximum absolute atomic E-state index is 5.92. The number of para-hydroxylation sites is 1. The molecule has 1 N–H and O–H groups in total. The largest absolute Gasteiger partial charge is 0.493 e. The summed E-state index contributed by atoms with van der Waals surface area (Å²) in [5.74, 6) is 1.00. The molecule has 20 heavy (non-hydrogen) atoms. The van der Waals surface area contributed by atoms with Gasteiger partial charge in [-0.05, 0) is 42.1 Å². The Morgan fingerprint density at radius 3 is 2.80 bits per heavy atom. The summed E-state index contributed by atoms with van der Waals surface area (Å²) in [4.78, 5) is 0. The maximum atomic E-state index is 5.92. The lowest BCUT2D eigenvalue weighted by atomic mass is 9.91. The van der Waals surface area contributed by atoms with E-state index in [2.05, 4.69) is 48.6 Å². The van der Waals surface area contributed by atoms with Gasteiger partial charge in [0.2, 0.25) is 0 Å². The Balaban J connectivity index is 2.05. The van der Waals surface area contributed by atoms with Gasteiger partial charge in [-0.3, -0.25) is 0 Å². The first-order valence-electron chi connectivity index (χ1n) is 7.44. The molecule has 2 heteroatoms. The van der Waals surface area contributed by atoms with E-state index in [4.69, 9.17) is 4.74 Å². The number of hydrogen-bond acceptors (Lipinski definition) is 2. The molecule has 0 radical (unpaired) electrons. The molecule has 2 nitrogen and oxygen atoms in total. The molecule has 0 unspecified atom stereocenters. The van der Waals surface area contributed by atoms with Crippen LogP contribution in [0.2, 0.25) is 0 Å². The van der Waals surface area contributed by atoms with Gasteiger partial charge in [0.15, 0.2) is 0 Å². The summed E-state index contributed by atoms with van der Waals surface area (Å²) in [6.45, 7) is 4.94. The average Bonchev–Trinajstić information content (AvgIpc) is 2.53. The summed E-state index contributed by atoms with van der Waals surface area (Å²) in [6, 6.07) is 15.0. The lowest BCUT2D eigenvalue weighted by Crippen LogP contribution is -2.24. The van der Waals surface area contributed by atoms with E-state index in [-0.39, 0.29) is 0 Å². The number of fused-ring (bicyclic) bond motifs is 1. The Kier molecular flexibility index (Phi) is 4.03. The molecule has 3 rings (SSSR count). The minimum Gasteiger partial charge on any atom is -0.493 e. The van der Waals surface area contributed by atoms with E-state index >= 15 is 0 Å². The van der Waals surface area contributed by atoms with E-state index in [1.54, 1.807) is 0 Å². The lowest BCUT2D eigenvalue weighted by Gasteiger charge is -2.21. The number of nitrogens with one attached hydrogen (secondary N) is 1. The van der Waals surface area contributed by atoms with Crippen LogP contribution in [0.25, 0.3) is 11.1 Å². The molecule has 0 saturated carbocycles. The lowest BCUT2D eigenvalue weighted by molar-refractivity contribution is 0.318. The molecule has 2 aromatic rings. The zero-order valence-corrected chi connectivity index (χ0v) is 12.0. The number of hydrogen-bond donors (Lipinski definition) is 1. The standard InChI is InChI=1S/C18H21NO/c1-2-12-20-18-9-4-3-7-17(18)16-8-5-6-14-13-19-11-10-15(14)16/h3-9,19H,2,10-13H2,1H3. The third-order valence-electron chi connectivity index (χ3n) is 3.78. The van der Waals surface area contributed by atoms with Crippen molar-refractivity contribution in [2.45, 2.75) is 26.3 Å². The van der Waals surface area contributed by atoms with Crippen LogP contribution in [-0.4, -0.2) is 13.2 Å². The van der Waals surface area contributed by atoms with Crippen molar-refractivity contribution < 1.29 is 4.74 Å². The third kappa shape index (κ3) is 2.56. The highest BCUT2D eigenvalue weighted by atomic mass is 16.5. The molecule has 104 valence electrons. The Morgan fingerprint density at radius 1 is 1.05 bits per heavy atom. The Bertz CT molecular complexity index is 592. The van der Waals surface area contributed by atoms with Gasteiger partial charge >= 0.3 is 0 Å². The van der Waals surface area contributed by atoms with Crippen molar-refractivity contribution in [2.24, 2.45) is 0 Å². The van der Waals surface area contributed by atoms with Crippen LogP contribution >= 0.6 is 0 Å². The fourth-order valence-corrected chi connectivity index (χ4v) is 2.81. The van der Waals surface area contributed by atoms with E-state index in [9.17, 15) is 0 Å². The molecule has 0 atom stereocenters. The molecule has 0 aromatic heterocycles. The molecule has 1 heterocycles. The van der Waals surface area contributed by atoms with Gasteiger partial charge < -0.3 is 10.1 Å². The van der Waals surface area contributed by atoms with Crippen LogP contribution in [0.1, 0.15) is 24.5 Å². The van der Waals surface area contributed by atoms with E-state index in [0.29, 0.717) is 0 Å². The Labute approximate surface area is 120 Å². The molecule has 0 amide bonds. The van der Waals surface area contributed by atoms with Crippen molar-refractivity contribution in [1.29, 1.82) is 0 Å². The Hall–Kier alpha value is -1.80. The molecule has 1 aliphatic rings. The topological polar surface area (TPSA) is 21.3 Å². The molecule has 2 aromatic carbocycles. The highest BCUT2D eigenvalue weighted by Crippen LogP contribution is 2.34. The van der Waals surface area contributed by atoms with Crippen LogP contribution < -0.4 is 10.1 Å². The van der Waals surface area contributed by atoms with Gasteiger partial charge in [-0.15, -0.1) is 0 Å². The first-order valence-corrected chi connectivity index (χ1v) is 7.44. The summed E-state index contributed by atoms with van der Waals surface area (Å²) in [6.07, 6.45) is 2.12. The quantitative estimate of drug-likeness (QED) is 0.910. The van der Waals surface area contributed by atoms with Crippen LogP contribution in [0, 0.1) is 0 Å². The van der Waals surface area contributed by atoms with E-state index < -0.39 is 0 Å². The number of rotatable bonds is 4. The first-order chi connectivity index (χ1) is 9.90. The molecule has 0 aliphatic carbocycles. The van der Waals surface area contributed by atoms with Gasteiger partial charge in [-0.25, -0.2) is 0 Å². The molecule has 0 fully saturated rings. The molecule has 0 spiro atoms. The van der Waals surface area contributed by atoms with Gasteiger partial charge in [0.05, 0.1) is 6.61 Å². The second-order valence-electron chi connectivity index (χ2n) is 5.21. The van der Waals surface area contributed by atoms with Crippen LogP contribution in [-0.2, 0) is 13.0 Å². The summed E-state index contributed by atoms with van der Waals surface area (Å²) in [5, 5.41) is 3.44. The maximum Gasteiger partial charge on any atom is 0.127 e. The van der Waals surface area contributed by atoms with Gasteiger partial charge in [-0.1, -0.05) is 43.3 Å². The minimum absolute atomic E-state index is 0.771. The normalized spacial score (nSPS) is 13.8. The van der Waals surface area contributed by atoms with Gasteiger partial charge in [0.25, 0.3) is 0 Å². The second-order valence-corrected chi connectivity index (χ2v) is 5.21. The third-order valence-corrected chi connectivity index (χ3v) is 3.78. The van der Waals surface area contributed by atoms with Crippen LogP contribution in [0.15, 0.2) is 42.5 Å². The predicted octanol–water partition coefficient (Wildman–Crippen LogP) is 3.79. The van der Waals surface area contributed by atoms with Crippen molar-refractivity contribution in [3.05, 3.63) is 53.6 Å². The zero-order valence-electron chi connectivity index (χ0n) is 12.0. The molecular formula is C18H21NO. The van der Waals surface area contributed by atoms with E-state index in [1.165, 1.54) is 22.3 Å². The molecule has 1 aliphatic heterocycles. The van der Waals surface area contributed by atoms with Crippen molar-refractivity contribution in [2.75, 3.05) is 13.2 Å². The van der Waals surface area contributed by atoms with E-state index in [0.717, 1.165) is 38.3 Å². The highest BCUT2D eigenvalue weighted by Gasteiger charge is 2.15. The first kappa shape index (κ1) is 13.2. The zero-order chi connectivity index (χ0) is 13.8. The number of benzene rings is 2. The predicted molar refractivity (Wildman–Crippen MR) is 83.1 cm³/mol. The summed E-state index contributed by atoms with van der Waals surface area (Å²) in [5.41, 5.74) is 5.44. The van der Waals surface area contributed by atoms with Crippen LogP contribution in [0.4, 0.5) is 0 Å². The van der Waals surface area contributed by atoms with Crippen molar-refractivity contribution in [1.82, 2.24) is 5.32 Å². The second kappa shape index (κ2) is 6.10. The number of ether oxygens (including phenoxy) is 1. The highest BCUT2D eigenvalue weighted by molar-refractivity contribution is 5.74. The SMILES string of the molecule is CCCOc1ccccc1-c1cccc2c1CCNC2. The van der Waals surface area contributed by atoms with Crippen molar-refractivity contribution in [3.63, 3.8) is 0 Å². The Morgan fingerprint density at radius 2 is 1.90 bits per heavy atom.